The van der Waals surface area contributed by atoms with Crippen molar-refractivity contribution in [1.82, 2.24) is 0 Å². The molecule has 15 heteroatoms. The van der Waals surface area contributed by atoms with Crippen LogP contribution in [0.2, 0.25) is 0 Å². The van der Waals surface area contributed by atoms with Crippen LogP contribution in [0.3, 0.4) is 0 Å². The fourth-order valence-electron chi connectivity index (χ4n) is 4.24. The molecule has 12 nitrogen and oxygen atoms in total. The Morgan fingerprint density at radius 3 is 0.956 bits per heavy atom. The maximum absolute atomic E-state index is 10.2. The van der Waals surface area contributed by atoms with Crippen LogP contribution in [-0.4, -0.2) is 111 Å². The monoisotopic (exact) mass is 702 g/mol. The maximum Gasteiger partial charge on any atom is 2.00 e. The van der Waals surface area contributed by atoms with Gasteiger partial charge in [0.25, 0.3) is 0 Å². The summed E-state index contributed by atoms with van der Waals surface area (Å²) >= 11 is 0. The van der Waals surface area contributed by atoms with Crippen molar-refractivity contribution >= 4 is 43.9 Å². The molecule has 0 amide bonds. The first-order valence-corrected chi connectivity index (χ1v) is 19.3. The molecule has 0 heterocycles. The molecule has 0 spiro atoms. The van der Waals surface area contributed by atoms with Gasteiger partial charge in [0.05, 0.1) is 26.4 Å². The van der Waals surface area contributed by atoms with Gasteiger partial charge < -0.3 is 28.8 Å². The van der Waals surface area contributed by atoms with Crippen molar-refractivity contribution in [3.05, 3.63) is 0 Å². The molecule has 0 bridgehead atoms. The van der Waals surface area contributed by atoms with Gasteiger partial charge in [0.1, 0.15) is 12.2 Å². The smallest absolute Gasteiger partial charge is 0.726 e. The number of rotatable bonds is 32. The van der Waals surface area contributed by atoms with Gasteiger partial charge in [-0.2, -0.15) is 0 Å². The van der Waals surface area contributed by atoms with Gasteiger partial charge in [0.15, 0.2) is 0 Å². The van der Waals surface area contributed by atoms with Crippen LogP contribution in [0.5, 0.6) is 0 Å². The summed E-state index contributed by atoms with van der Waals surface area (Å²) in [5.41, 5.74) is 0. The minimum Gasteiger partial charge on any atom is -0.726 e. The van der Waals surface area contributed by atoms with Crippen molar-refractivity contribution in [2.75, 3.05) is 39.6 Å². The molecule has 0 saturated heterocycles. The average Bonchev–Trinajstić information content (AvgIpc) is 2.95. The van der Waals surface area contributed by atoms with Crippen molar-refractivity contribution < 1.29 is 54.0 Å². The van der Waals surface area contributed by atoms with E-state index in [0.717, 1.165) is 25.7 Å². The molecule has 0 saturated carbocycles. The number of hydrogen-bond donors (Lipinski definition) is 2. The molecule has 0 fully saturated rings. The Bertz CT molecular complexity index is 735. The number of aliphatic hydroxyl groups is 2. The van der Waals surface area contributed by atoms with Crippen molar-refractivity contribution in [3.8, 4) is 0 Å². The molecule has 0 aliphatic heterocycles. The SMILES string of the molecule is CCCCCCCCCCCCOCC(O)COS(=O)(=O)[O-].CCCCCCCCCCCCOCC(O)COS(=O)(=O)[O-].[Mg+2]. The second-order valence-electron chi connectivity index (χ2n) is 11.2. The third kappa shape index (κ3) is 48.9. The van der Waals surface area contributed by atoms with Crippen molar-refractivity contribution in [1.29, 1.82) is 0 Å². The van der Waals surface area contributed by atoms with E-state index in [9.17, 15) is 36.2 Å². The quantitative estimate of drug-likeness (QED) is 0.0406. The minimum atomic E-state index is -4.74. The molecule has 0 aromatic rings. The van der Waals surface area contributed by atoms with E-state index in [-0.39, 0.29) is 36.3 Å². The van der Waals surface area contributed by atoms with E-state index < -0.39 is 46.2 Å². The Morgan fingerprint density at radius 2 is 0.711 bits per heavy atom. The molecule has 0 aromatic carbocycles. The van der Waals surface area contributed by atoms with Gasteiger partial charge in [0, 0.05) is 13.2 Å². The molecule has 268 valence electrons. The molecule has 0 aromatic heterocycles. The molecule has 2 N–H and O–H groups in total. The summed E-state index contributed by atoms with van der Waals surface area (Å²) in [6.07, 6.45) is 22.6. The fourth-order valence-corrected chi connectivity index (χ4v) is 4.89. The van der Waals surface area contributed by atoms with Crippen LogP contribution in [-0.2, 0) is 38.6 Å². The zero-order chi connectivity index (χ0) is 33.4. The third-order valence-electron chi connectivity index (χ3n) is 6.71. The second kappa shape index (κ2) is 35.6. The molecule has 45 heavy (non-hydrogen) atoms. The van der Waals surface area contributed by atoms with Crippen LogP contribution < -0.4 is 0 Å². The van der Waals surface area contributed by atoms with E-state index in [4.69, 9.17) is 9.47 Å². The molecular weight excluding hydrogens is 641 g/mol. The van der Waals surface area contributed by atoms with E-state index in [1.165, 1.54) is 103 Å². The van der Waals surface area contributed by atoms with Crippen LogP contribution in [0.25, 0.3) is 0 Å². The first kappa shape index (κ1) is 49.7. The first-order chi connectivity index (χ1) is 20.9. The summed E-state index contributed by atoms with van der Waals surface area (Å²) in [6.45, 7) is 4.35. The van der Waals surface area contributed by atoms with Crippen LogP contribution in [0, 0.1) is 0 Å². The van der Waals surface area contributed by atoms with Crippen molar-refractivity contribution in [2.24, 2.45) is 0 Å². The predicted octanol–water partition coefficient (Wildman–Crippen LogP) is 5.14. The Balaban J connectivity index is -0.000000767. The van der Waals surface area contributed by atoms with Gasteiger partial charge in [-0.1, -0.05) is 129 Å². The molecular formula is C30H62MgO12S2. The van der Waals surface area contributed by atoms with Gasteiger partial charge in [0.2, 0.25) is 20.8 Å². The summed E-state index contributed by atoms with van der Waals surface area (Å²) in [6, 6.07) is 0. The van der Waals surface area contributed by atoms with E-state index in [1.54, 1.807) is 0 Å². The topological polar surface area (TPSA) is 192 Å². The van der Waals surface area contributed by atoms with Crippen LogP contribution in [0.1, 0.15) is 142 Å². The van der Waals surface area contributed by atoms with Gasteiger partial charge in [-0.15, -0.1) is 0 Å². The molecule has 0 aliphatic carbocycles. The van der Waals surface area contributed by atoms with Crippen LogP contribution in [0.4, 0.5) is 0 Å². The second-order valence-corrected chi connectivity index (χ2v) is 13.3. The summed E-state index contributed by atoms with van der Waals surface area (Å²) in [7, 11) is -9.48. The number of aliphatic hydroxyl groups excluding tert-OH is 2. The van der Waals surface area contributed by atoms with Gasteiger partial charge >= 0.3 is 23.1 Å². The molecule has 2 atom stereocenters. The molecule has 0 rings (SSSR count). The normalized spacial score (nSPS) is 13.1. The molecule has 0 aliphatic rings. The predicted molar refractivity (Wildman–Crippen MR) is 174 cm³/mol. The summed E-state index contributed by atoms with van der Waals surface area (Å²) in [4.78, 5) is 0. The van der Waals surface area contributed by atoms with E-state index in [0.29, 0.717) is 13.2 Å². The van der Waals surface area contributed by atoms with Crippen molar-refractivity contribution in [3.63, 3.8) is 0 Å². The summed E-state index contributed by atoms with van der Waals surface area (Å²) in [5, 5.41) is 18.6. The number of ether oxygens (including phenoxy) is 2. The third-order valence-corrected chi connectivity index (χ3v) is 7.56. The summed E-state index contributed by atoms with van der Waals surface area (Å²) in [5.74, 6) is 0. The maximum atomic E-state index is 10.2. The van der Waals surface area contributed by atoms with E-state index in [2.05, 4.69) is 22.2 Å². The van der Waals surface area contributed by atoms with Gasteiger partial charge in [-0.05, 0) is 12.8 Å². The Morgan fingerprint density at radius 1 is 0.467 bits per heavy atom. The largest absolute Gasteiger partial charge is 2.00 e. The number of hydrogen-bond acceptors (Lipinski definition) is 12. The van der Waals surface area contributed by atoms with Crippen molar-refractivity contribution in [2.45, 2.75) is 154 Å². The van der Waals surface area contributed by atoms with E-state index in [1.807, 2.05) is 0 Å². The number of unbranched alkanes of at least 4 members (excludes halogenated alkanes) is 18. The zero-order valence-electron chi connectivity index (χ0n) is 28.0. The standard InChI is InChI=1S/2C15H32O6S.Mg/c2*1-2-3-4-5-6-7-8-9-10-11-12-20-13-15(16)14-21-22(17,18)19;/h2*15-16H,2-14H2,1H3,(H,17,18,19);/q;;+2/p-2. The van der Waals surface area contributed by atoms with Crippen LogP contribution >= 0.6 is 0 Å². The Hall–Kier alpha value is 0.346. The molecule has 2 unspecified atom stereocenters. The summed E-state index contributed by atoms with van der Waals surface area (Å²) < 4.78 is 79.4. The van der Waals surface area contributed by atoms with E-state index >= 15 is 0 Å². The van der Waals surface area contributed by atoms with Gasteiger partial charge in [-0.25, -0.2) is 16.8 Å². The average molecular weight is 703 g/mol. The Labute approximate surface area is 290 Å². The van der Waals surface area contributed by atoms with Crippen LogP contribution in [0.15, 0.2) is 0 Å². The minimum absolute atomic E-state index is 0. The zero-order valence-corrected chi connectivity index (χ0v) is 31.1. The van der Waals surface area contributed by atoms with Gasteiger partial charge in [-0.3, -0.25) is 8.37 Å². The first-order valence-electron chi connectivity index (χ1n) is 16.6. The fraction of sp³-hybridized carbons (Fsp3) is 1.00. The Kier molecular flexibility index (Phi) is 39.4. The molecule has 0 radical (unpaired) electrons.